The third-order valence-corrected chi connectivity index (χ3v) is 24.5. The van der Waals surface area contributed by atoms with Gasteiger partial charge in [0.15, 0.2) is 11.6 Å². The van der Waals surface area contributed by atoms with E-state index in [9.17, 15) is 77.6 Å². The first-order valence-corrected chi connectivity index (χ1v) is 52.9. The predicted octanol–water partition coefficient (Wildman–Crippen LogP) is 17.5. The molecule has 0 radical (unpaired) electrons. The Bertz CT molecular complexity index is 5050. The van der Waals surface area contributed by atoms with Crippen LogP contribution in [-0.4, -0.2) is 251 Å². The van der Waals surface area contributed by atoms with Crippen molar-refractivity contribution in [1.29, 1.82) is 0 Å². The van der Waals surface area contributed by atoms with E-state index >= 15 is 0 Å². The van der Waals surface area contributed by atoms with Crippen LogP contribution in [-0.2, 0) is 112 Å². The molecule has 0 aliphatic heterocycles. The van der Waals surface area contributed by atoms with Crippen LogP contribution in [0, 0.1) is 17.3 Å². The summed E-state index contributed by atoms with van der Waals surface area (Å²) in [5.74, 6) is -6.39. The summed E-state index contributed by atoms with van der Waals surface area (Å²) in [5.41, 5.74) is 2.98. The number of hydrogen-bond acceptors (Lipinski definition) is 19. The van der Waals surface area contributed by atoms with E-state index < -0.39 is 153 Å². The van der Waals surface area contributed by atoms with Gasteiger partial charge in [0.1, 0.15) is 58.5 Å². The zero-order chi connectivity index (χ0) is 103. The summed E-state index contributed by atoms with van der Waals surface area (Å²) in [6.45, 7) is 36.5. The smallest absolute Gasteiger partial charge is 0.410 e. The van der Waals surface area contributed by atoms with E-state index in [1.165, 1.54) is 83.7 Å². The van der Waals surface area contributed by atoms with Crippen molar-refractivity contribution in [2.75, 3.05) is 49.3 Å². The molecule has 7 aromatic rings. The molecular formula is C105H146ClN7O21Si2. The summed E-state index contributed by atoms with van der Waals surface area (Å²) in [7, 11) is 6.40. The van der Waals surface area contributed by atoms with Crippen LogP contribution in [0.2, 0.25) is 39.3 Å². The highest BCUT2D eigenvalue weighted by atomic mass is 35.5. The normalized spacial score (nSPS) is 13.5. The third kappa shape index (κ3) is 40.5. The average molecular weight is 1930 g/mol. The molecule has 0 spiro atoms. The minimum atomic E-state index is -2.30. The first-order valence-electron chi connectivity index (χ1n) is 45.7. The number of ether oxygens (including phenoxy) is 3. The minimum absolute atomic E-state index is 0.0434. The second kappa shape index (κ2) is 52.9. The third-order valence-electron chi connectivity index (χ3n) is 22.3. The van der Waals surface area contributed by atoms with Crippen LogP contribution in [0.25, 0.3) is 0 Å². The molecule has 0 aliphatic rings. The number of nitrogens with zero attached hydrogens (tertiary/aromatic N) is 7. The fraction of sp³-hybridized carbons (Fsp3) is 0.476. The van der Waals surface area contributed by atoms with E-state index in [0.29, 0.717) is 5.56 Å². The van der Waals surface area contributed by atoms with Crippen LogP contribution < -0.4 is 4.43 Å². The molecule has 7 amide bonds. The molecule has 9 atom stereocenters. The number of phenols is 1. The van der Waals surface area contributed by atoms with Gasteiger partial charge < -0.3 is 58.0 Å². The topological polar surface area (TPSA) is 351 Å². The van der Waals surface area contributed by atoms with Crippen molar-refractivity contribution in [3.05, 3.63) is 239 Å². The Morgan fingerprint density at radius 2 is 0.596 bits per heavy atom. The van der Waals surface area contributed by atoms with Gasteiger partial charge in [-0.05, 0) is 210 Å². The lowest BCUT2D eigenvalue weighted by Crippen LogP contribution is -2.57. The summed E-state index contributed by atoms with van der Waals surface area (Å²) in [6.07, 6.45) is -0.472. The van der Waals surface area contributed by atoms with Gasteiger partial charge in [0.25, 0.3) is 5.97 Å². The Hall–Kier alpha value is -12.0. The number of carboxylic acid groups (broad SMARTS) is 2. The molecule has 742 valence electrons. The largest absolute Gasteiger partial charge is 0.544 e. The number of phenolic OH excluding ortho intramolecular Hbond substituents is 1. The Morgan fingerprint density at radius 3 is 0.853 bits per heavy atom. The Morgan fingerprint density at radius 1 is 0.338 bits per heavy atom. The number of hydrogen-bond donors (Lipinski definition) is 3. The molecule has 0 bridgehead atoms. The summed E-state index contributed by atoms with van der Waals surface area (Å²) < 4.78 is 28.4. The molecule has 0 saturated heterocycles. The van der Waals surface area contributed by atoms with Gasteiger partial charge in [0, 0.05) is 99.7 Å². The number of carbonyl (C=O) groups excluding carboxylic acids is 11. The van der Waals surface area contributed by atoms with Crippen LogP contribution in [0.15, 0.2) is 200 Å². The summed E-state index contributed by atoms with van der Waals surface area (Å²) in [5, 5.41) is 28.5. The van der Waals surface area contributed by atoms with Crippen molar-refractivity contribution in [2.24, 2.45) is 17.3 Å². The number of ketones is 2. The van der Waals surface area contributed by atoms with Gasteiger partial charge in [-0.25, -0.2) is 19.2 Å². The highest BCUT2D eigenvalue weighted by molar-refractivity contribution is 6.71. The number of halogens is 1. The second-order valence-corrected chi connectivity index (χ2v) is 49.0. The number of carboxylic acids is 2. The zero-order valence-electron chi connectivity index (χ0n) is 84.5. The van der Waals surface area contributed by atoms with Crippen molar-refractivity contribution < 1.29 is 101 Å². The van der Waals surface area contributed by atoms with Crippen molar-refractivity contribution in [1.82, 2.24) is 34.3 Å². The molecule has 0 saturated carbocycles. The predicted molar refractivity (Wildman–Crippen MR) is 533 cm³/mol. The maximum atomic E-state index is 14.6. The highest BCUT2D eigenvalue weighted by Crippen LogP contribution is 2.29. The zero-order valence-corrected chi connectivity index (χ0v) is 87.3. The molecule has 0 aliphatic carbocycles. The molecule has 31 heteroatoms. The highest BCUT2D eigenvalue weighted by Gasteiger charge is 2.43. The van der Waals surface area contributed by atoms with Gasteiger partial charge in [0.05, 0.1) is 23.9 Å². The fourth-order valence-electron chi connectivity index (χ4n) is 13.7. The van der Waals surface area contributed by atoms with Crippen LogP contribution >= 0.6 is 11.6 Å². The van der Waals surface area contributed by atoms with Gasteiger partial charge in [-0.3, -0.25) is 57.9 Å². The maximum Gasteiger partial charge on any atom is 0.410 e. The monoisotopic (exact) mass is 1930 g/mol. The van der Waals surface area contributed by atoms with E-state index in [0.717, 1.165) is 50.5 Å². The lowest BCUT2D eigenvalue weighted by Gasteiger charge is -2.37. The van der Waals surface area contributed by atoms with Crippen LogP contribution in [0.5, 0.6) is 11.5 Å². The molecule has 0 unspecified atom stereocenters. The molecule has 0 fully saturated rings. The molecule has 136 heavy (non-hydrogen) atoms. The molecule has 7 rings (SSSR count). The number of benzene rings is 7. The van der Waals surface area contributed by atoms with E-state index in [4.69, 9.17) is 34.7 Å². The van der Waals surface area contributed by atoms with Crippen LogP contribution in [0.3, 0.4) is 0 Å². The Labute approximate surface area is 811 Å². The van der Waals surface area contributed by atoms with Gasteiger partial charge >= 0.3 is 30.2 Å². The van der Waals surface area contributed by atoms with E-state index in [1.54, 1.807) is 95.5 Å². The minimum Gasteiger partial charge on any atom is -0.544 e. The standard InChI is InChI=1S/C45H65N3O8Si2.C39H49N3O8.C15H21NO4.C6H11ClO/c1-32(40(49)31-36(43(52)56-58(11,12)13)28-35-24-26-37(27-25-35)55-57(8,9)10)46(5)41(50)38(29-33-20-16-14-17-21-33)47(6)42(51)39(30-34-22-18-15-19-23-34)48(7)44(53)54-45(2,3)4;1-26(34(44)25-30(37(47)48)22-29-18-20-31(43)21-19-29)40(5)35(45)32(23-27-14-10-8-11-15-27)41(6)36(46)33(24-28-16-12-9-13-17-28)42(7)38(49)50-39(2,3)4;1-15(2,3)20-14(19)16(4)12(13(17)18)10-11-8-6-5-7-9-11;1-4-6(2,3)5(7)8/h14-27,32,36,38-39H,28-31H2,1-13H3;8-21,26,30,32-33,43H,22-25H2,1-7H3,(H,47,48);5-9,12H,10H2,1-4H3,(H,17,18);4H2,1-3H3/t32-,36+,38-,39-;26-,30+,32-,33-;12-;/m000./s1. The molecule has 28 nitrogen and oxygen atoms in total. The number of Topliss-reactive ketones (excluding diaryl/α,β-unsaturated/α-hetero) is 2. The van der Waals surface area contributed by atoms with Gasteiger partial charge in [-0.2, -0.15) is 0 Å². The second-order valence-electron chi connectivity index (χ2n) is 39.8. The van der Waals surface area contributed by atoms with Crippen molar-refractivity contribution >= 4 is 105 Å². The number of carbonyl (C=O) groups is 13. The van der Waals surface area contributed by atoms with E-state index in [1.807, 2.05) is 216 Å². The summed E-state index contributed by atoms with van der Waals surface area (Å²) in [4.78, 5) is 181. The Kier molecular flexibility index (Phi) is 45.2. The quantitative estimate of drug-likeness (QED) is 0.0183. The molecule has 0 heterocycles. The average Bonchev–Trinajstić information content (AvgIpc) is 0.806. The lowest BCUT2D eigenvalue weighted by molar-refractivity contribution is -0.149. The van der Waals surface area contributed by atoms with E-state index in [-0.39, 0.29) is 80.0 Å². The van der Waals surface area contributed by atoms with Gasteiger partial charge in [-0.1, -0.05) is 197 Å². The molecular weight excluding hydrogens is 1790 g/mol. The van der Waals surface area contributed by atoms with Crippen molar-refractivity contribution in [3.63, 3.8) is 0 Å². The van der Waals surface area contributed by atoms with Crippen LogP contribution in [0.1, 0.15) is 155 Å². The maximum absolute atomic E-state index is 14.6. The number of likely N-dealkylation sites (N-methyl/N-ethyl adjacent to an activating group) is 7. The first-order chi connectivity index (χ1) is 63.0. The van der Waals surface area contributed by atoms with Crippen molar-refractivity contribution in [3.8, 4) is 11.5 Å². The molecule has 7 aromatic carbocycles. The summed E-state index contributed by atoms with van der Waals surface area (Å²) in [6, 6.07) is 52.9. The van der Waals surface area contributed by atoms with Gasteiger partial charge in [0.2, 0.25) is 45.5 Å². The number of rotatable bonds is 39. The molecule has 0 aromatic heterocycles. The fourth-order valence-corrected chi connectivity index (χ4v) is 15.4. The number of amides is 7. The number of aliphatic carboxylic acids is 2. The molecule has 3 N–H and O–H groups in total. The first kappa shape index (κ1) is 116. The lowest BCUT2D eigenvalue weighted by atomic mass is 9.92. The van der Waals surface area contributed by atoms with Crippen LogP contribution in [0.4, 0.5) is 14.4 Å². The van der Waals surface area contributed by atoms with E-state index in [2.05, 4.69) is 19.6 Å². The summed E-state index contributed by atoms with van der Waals surface area (Å²) >= 11 is 5.23. The van der Waals surface area contributed by atoms with Crippen molar-refractivity contribution in [2.45, 2.75) is 260 Å². The Balaban J connectivity index is 0.000000445. The number of aromatic hydroxyl groups is 1. The SMILES string of the molecule is CCC(C)(C)C(=O)Cl.CN(C(=O)OC(C)(C)C)[C@@H](Cc1ccccc1)C(=O)O.C[C@@H](C(=O)C[C@@H](Cc1ccc(O)cc1)C(=O)O)N(C)C(=O)[C@H](Cc1ccccc1)N(C)C(=O)[C@H](Cc1ccccc1)N(C)C(=O)OC(C)(C)C.C[C@@H](C(=O)C[C@@H](Cc1ccc(O[Si](C)(C)C)cc1)C(=O)O[Si](C)(C)C)N(C)C(=O)[C@H](Cc1ccccc1)N(C)C(=O)[C@H](Cc1ccccc1)N(C)C(=O)OC(C)(C)C. The van der Waals surface area contributed by atoms with Gasteiger partial charge in [-0.15, -0.1) is 0 Å².